The predicted molar refractivity (Wildman–Crippen MR) is 125 cm³/mol. The minimum atomic E-state index is -0.849. The maximum atomic E-state index is 13.4. The number of carbonyl (C=O) groups excluding carboxylic acids is 1. The maximum absolute atomic E-state index is 13.4. The summed E-state index contributed by atoms with van der Waals surface area (Å²) < 4.78 is 17.6. The van der Waals surface area contributed by atoms with Crippen molar-refractivity contribution in [2.45, 2.75) is 18.7 Å². The molecule has 7 heteroatoms. The first-order valence-electron chi connectivity index (χ1n) is 10.2. The number of rotatable bonds is 5. The molecule has 2 aliphatic heterocycles. The van der Waals surface area contributed by atoms with Crippen LogP contribution in [0.1, 0.15) is 33.9 Å². The largest absolute Gasteiger partial charge is 0.497 e. The van der Waals surface area contributed by atoms with Crippen molar-refractivity contribution in [3.05, 3.63) is 87.9 Å². The van der Waals surface area contributed by atoms with Crippen LogP contribution in [0.4, 0.5) is 0 Å². The number of halogens is 1. The molecule has 0 fully saturated rings. The van der Waals surface area contributed by atoms with E-state index in [4.69, 9.17) is 19.3 Å². The van der Waals surface area contributed by atoms with Gasteiger partial charge in [-0.05, 0) is 72.3 Å². The molecule has 0 saturated carbocycles. The summed E-state index contributed by atoms with van der Waals surface area (Å²) in [6.45, 7) is 0. The Kier molecular flexibility index (Phi) is 5.35. The van der Waals surface area contributed by atoms with E-state index in [-0.39, 0.29) is 11.8 Å². The molecule has 0 aliphatic carbocycles. The quantitative estimate of drug-likeness (QED) is 0.457. The maximum Gasteiger partial charge on any atom is 0.251 e. The summed E-state index contributed by atoms with van der Waals surface area (Å²) in [5.41, 5.74) is 3.45. The molecule has 6 nitrogen and oxygen atoms in total. The van der Waals surface area contributed by atoms with E-state index in [1.807, 2.05) is 42.5 Å². The van der Waals surface area contributed by atoms with Crippen LogP contribution in [0.2, 0.25) is 0 Å². The number of ketones is 1. The first-order valence-corrected chi connectivity index (χ1v) is 11.0. The van der Waals surface area contributed by atoms with Gasteiger partial charge in [-0.15, -0.1) is 0 Å². The van der Waals surface area contributed by atoms with Gasteiger partial charge >= 0.3 is 0 Å². The van der Waals surface area contributed by atoms with Crippen molar-refractivity contribution >= 4 is 27.4 Å². The lowest BCUT2D eigenvalue weighted by Gasteiger charge is -2.37. The standard InChI is InChI=1S/C25H21BrN2O4/c1-30-18-8-3-15(4-9-18)21-14-22-20-13-17(26)7-12-23(20)32-25(28(22)27-21)24(29)16-5-10-19(31-2)11-6-16/h3-13,22,25H,14H2,1-2H3/t22-,25-/m0/s1. The van der Waals surface area contributed by atoms with Crippen LogP contribution in [0.15, 0.2) is 76.3 Å². The number of benzene rings is 3. The molecule has 0 bridgehead atoms. The second-order valence-electron chi connectivity index (χ2n) is 7.62. The number of fused-ring (bicyclic) bond motifs is 3. The molecule has 0 N–H and O–H groups in total. The van der Waals surface area contributed by atoms with Crippen molar-refractivity contribution in [2.24, 2.45) is 5.10 Å². The molecule has 3 aromatic rings. The lowest BCUT2D eigenvalue weighted by molar-refractivity contribution is -0.00459. The summed E-state index contributed by atoms with van der Waals surface area (Å²) >= 11 is 3.55. The lowest BCUT2D eigenvalue weighted by Crippen LogP contribution is -2.45. The molecule has 2 heterocycles. The molecular weight excluding hydrogens is 472 g/mol. The highest BCUT2D eigenvalue weighted by molar-refractivity contribution is 9.10. The topological polar surface area (TPSA) is 60.4 Å². The average Bonchev–Trinajstić information content (AvgIpc) is 3.29. The normalized spacial score (nSPS) is 18.8. The van der Waals surface area contributed by atoms with E-state index >= 15 is 0 Å². The van der Waals surface area contributed by atoms with E-state index in [2.05, 4.69) is 15.9 Å². The van der Waals surface area contributed by atoms with Gasteiger partial charge in [0.05, 0.1) is 26.0 Å². The molecule has 0 aromatic heterocycles. The molecule has 0 saturated heterocycles. The molecule has 0 radical (unpaired) electrons. The molecule has 32 heavy (non-hydrogen) atoms. The van der Waals surface area contributed by atoms with Crippen molar-refractivity contribution in [1.29, 1.82) is 0 Å². The third-order valence-electron chi connectivity index (χ3n) is 5.77. The number of ether oxygens (including phenoxy) is 3. The summed E-state index contributed by atoms with van der Waals surface area (Å²) in [5, 5.41) is 6.64. The first-order chi connectivity index (χ1) is 15.6. The summed E-state index contributed by atoms with van der Waals surface area (Å²) in [6, 6.07) is 20.6. The fourth-order valence-electron chi connectivity index (χ4n) is 4.09. The Balaban J connectivity index is 1.53. The van der Waals surface area contributed by atoms with E-state index in [1.165, 1.54) is 0 Å². The van der Waals surface area contributed by atoms with E-state index < -0.39 is 6.23 Å². The van der Waals surface area contributed by atoms with Gasteiger partial charge in [-0.25, -0.2) is 5.01 Å². The number of hydrogen-bond acceptors (Lipinski definition) is 6. The SMILES string of the molecule is COc1ccc(C(=O)[C@@H]2Oc3ccc(Br)cc3[C@@H]3CC(c4ccc(OC)cc4)=NN23)cc1. The van der Waals surface area contributed by atoms with Gasteiger partial charge in [-0.2, -0.15) is 5.10 Å². The highest BCUT2D eigenvalue weighted by Gasteiger charge is 2.43. The van der Waals surface area contributed by atoms with Gasteiger partial charge in [0.15, 0.2) is 0 Å². The van der Waals surface area contributed by atoms with Crippen LogP contribution in [0.3, 0.4) is 0 Å². The fraction of sp³-hybridized carbons (Fsp3) is 0.200. The molecular formula is C25H21BrN2O4. The van der Waals surface area contributed by atoms with Crippen LogP contribution in [0, 0.1) is 0 Å². The average molecular weight is 493 g/mol. The molecule has 2 atom stereocenters. The summed E-state index contributed by atoms with van der Waals surface area (Å²) in [6.07, 6.45) is -0.177. The molecule has 2 aliphatic rings. The third kappa shape index (κ3) is 3.62. The zero-order valence-corrected chi connectivity index (χ0v) is 19.2. The third-order valence-corrected chi connectivity index (χ3v) is 6.27. The zero-order valence-electron chi connectivity index (χ0n) is 17.6. The van der Waals surface area contributed by atoms with Crippen LogP contribution in [-0.4, -0.2) is 37.0 Å². The highest BCUT2D eigenvalue weighted by Crippen LogP contribution is 2.44. The van der Waals surface area contributed by atoms with Crippen LogP contribution >= 0.6 is 15.9 Å². The van der Waals surface area contributed by atoms with Gasteiger partial charge in [0, 0.05) is 22.0 Å². The number of methoxy groups -OCH3 is 2. The van der Waals surface area contributed by atoms with Gasteiger partial charge in [-0.3, -0.25) is 4.79 Å². The Hall–Kier alpha value is -3.32. The number of hydrazone groups is 1. The van der Waals surface area contributed by atoms with Gasteiger partial charge in [0.2, 0.25) is 5.78 Å². The van der Waals surface area contributed by atoms with E-state index in [1.54, 1.807) is 43.5 Å². The summed E-state index contributed by atoms with van der Waals surface area (Å²) in [7, 11) is 3.24. The number of carbonyl (C=O) groups is 1. The fourth-order valence-corrected chi connectivity index (χ4v) is 4.47. The molecule has 3 aromatic carbocycles. The zero-order chi connectivity index (χ0) is 22.2. The smallest absolute Gasteiger partial charge is 0.251 e. The molecule has 162 valence electrons. The van der Waals surface area contributed by atoms with Gasteiger partial charge in [0.25, 0.3) is 6.23 Å². The van der Waals surface area contributed by atoms with Crippen LogP contribution in [0.25, 0.3) is 0 Å². The second-order valence-corrected chi connectivity index (χ2v) is 8.54. The minimum absolute atomic E-state index is 0.0967. The van der Waals surface area contributed by atoms with Gasteiger partial charge < -0.3 is 14.2 Å². The first kappa shape index (κ1) is 20.6. The molecule has 0 amide bonds. The van der Waals surface area contributed by atoms with Gasteiger partial charge in [0.1, 0.15) is 17.2 Å². The number of nitrogens with zero attached hydrogens (tertiary/aromatic N) is 2. The Bertz CT molecular complexity index is 1190. The van der Waals surface area contributed by atoms with Crippen molar-refractivity contribution < 1.29 is 19.0 Å². The van der Waals surface area contributed by atoms with E-state index in [0.717, 1.165) is 27.1 Å². The van der Waals surface area contributed by atoms with Crippen molar-refractivity contribution in [2.75, 3.05) is 14.2 Å². The Labute approximate surface area is 194 Å². The van der Waals surface area contributed by atoms with Crippen molar-refractivity contribution in [3.8, 4) is 17.2 Å². The van der Waals surface area contributed by atoms with E-state index in [0.29, 0.717) is 23.5 Å². The van der Waals surface area contributed by atoms with E-state index in [9.17, 15) is 4.79 Å². The monoisotopic (exact) mass is 492 g/mol. The number of Topliss-reactive ketones (excluding diaryl/α,β-unsaturated/α-hetero) is 1. The Morgan fingerprint density at radius 3 is 2.31 bits per heavy atom. The van der Waals surface area contributed by atoms with Crippen LogP contribution < -0.4 is 14.2 Å². The number of hydrogen-bond donors (Lipinski definition) is 0. The molecule has 0 spiro atoms. The molecule has 0 unspecified atom stereocenters. The highest BCUT2D eigenvalue weighted by atomic mass is 79.9. The lowest BCUT2D eigenvalue weighted by atomic mass is 9.95. The summed E-state index contributed by atoms with van der Waals surface area (Å²) in [4.78, 5) is 13.4. The van der Waals surface area contributed by atoms with Crippen molar-refractivity contribution in [1.82, 2.24) is 5.01 Å². The van der Waals surface area contributed by atoms with Crippen molar-refractivity contribution in [3.63, 3.8) is 0 Å². The Morgan fingerprint density at radius 2 is 1.66 bits per heavy atom. The van der Waals surface area contributed by atoms with Crippen LogP contribution in [0.5, 0.6) is 17.2 Å². The van der Waals surface area contributed by atoms with Gasteiger partial charge in [-0.1, -0.05) is 15.9 Å². The predicted octanol–water partition coefficient (Wildman–Crippen LogP) is 5.22. The Morgan fingerprint density at radius 1 is 1.00 bits per heavy atom. The summed E-state index contributed by atoms with van der Waals surface area (Å²) in [5.74, 6) is 2.04. The molecule has 5 rings (SSSR count). The minimum Gasteiger partial charge on any atom is -0.497 e. The van der Waals surface area contributed by atoms with Crippen LogP contribution in [-0.2, 0) is 0 Å². The second kappa shape index (κ2) is 8.31.